The third kappa shape index (κ3) is 4.32. The summed E-state index contributed by atoms with van der Waals surface area (Å²) >= 11 is 2.68. The van der Waals surface area contributed by atoms with Gasteiger partial charge in [0.05, 0.1) is 17.0 Å². The first-order valence-electron chi connectivity index (χ1n) is 7.68. The molecule has 2 aromatic heterocycles. The molecule has 7 heteroatoms. The van der Waals surface area contributed by atoms with Crippen LogP contribution in [0, 0.1) is 13.8 Å². The minimum absolute atomic E-state index is 0.130. The van der Waals surface area contributed by atoms with Crippen molar-refractivity contribution in [2.24, 2.45) is 0 Å². The molecule has 0 fully saturated rings. The Labute approximate surface area is 153 Å². The van der Waals surface area contributed by atoms with E-state index in [1.54, 1.807) is 11.4 Å². The summed E-state index contributed by atoms with van der Waals surface area (Å²) in [6.45, 7) is 3.99. The van der Waals surface area contributed by atoms with E-state index in [-0.39, 0.29) is 18.2 Å². The lowest BCUT2D eigenvalue weighted by atomic mass is 10.1. The van der Waals surface area contributed by atoms with E-state index in [9.17, 15) is 9.59 Å². The van der Waals surface area contributed by atoms with Crippen LogP contribution in [0.15, 0.2) is 41.1 Å². The first kappa shape index (κ1) is 17.3. The zero-order valence-electron chi connectivity index (χ0n) is 13.8. The molecule has 0 unspecified atom stereocenters. The Morgan fingerprint density at radius 1 is 1.08 bits per heavy atom. The van der Waals surface area contributed by atoms with Gasteiger partial charge in [0.1, 0.15) is 0 Å². The minimum Gasteiger partial charge on any atom is -0.325 e. The number of aryl methyl sites for hydroxylation is 1. The van der Waals surface area contributed by atoms with Gasteiger partial charge in [0, 0.05) is 11.1 Å². The van der Waals surface area contributed by atoms with Gasteiger partial charge >= 0.3 is 0 Å². The van der Waals surface area contributed by atoms with Gasteiger partial charge in [-0.3, -0.25) is 14.9 Å². The third-order valence-electron chi connectivity index (χ3n) is 3.74. The zero-order valence-corrected chi connectivity index (χ0v) is 15.5. The van der Waals surface area contributed by atoms with Crippen LogP contribution in [0.1, 0.15) is 26.5 Å². The highest BCUT2D eigenvalue weighted by atomic mass is 32.1. The molecule has 5 nitrogen and oxygen atoms in total. The first-order valence-corrected chi connectivity index (χ1v) is 9.44. The SMILES string of the molecule is Cc1cccc(NC(=O)Cc2csc(NC(=O)c3cccs3)n2)c1C. The summed E-state index contributed by atoms with van der Waals surface area (Å²) in [6, 6.07) is 9.39. The Kier molecular flexibility index (Phi) is 5.25. The van der Waals surface area contributed by atoms with E-state index in [4.69, 9.17) is 0 Å². The number of rotatable bonds is 5. The number of thiazole rings is 1. The van der Waals surface area contributed by atoms with Crippen molar-refractivity contribution in [1.82, 2.24) is 4.98 Å². The summed E-state index contributed by atoms with van der Waals surface area (Å²) < 4.78 is 0. The number of nitrogens with one attached hydrogen (secondary N) is 2. The molecule has 0 spiro atoms. The van der Waals surface area contributed by atoms with Crippen LogP contribution in [-0.4, -0.2) is 16.8 Å². The van der Waals surface area contributed by atoms with Crippen molar-refractivity contribution in [2.75, 3.05) is 10.6 Å². The number of thiophene rings is 1. The van der Waals surface area contributed by atoms with Crippen molar-refractivity contribution >= 4 is 45.3 Å². The van der Waals surface area contributed by atoms with E-state index in [1.165, 1.54) is 22.7 Å². The second-order valence-corrected chi connectivity index (χ2v) is 7.35. The largest absolute Gasteiger partial charge is 0.325 e. The highest BCUT2D eigenvalue weighted by molar-refractivity contribution is 7.14. The molecule has 0 saturated heterocycles. The molecule has 2 amide bonds. The molecule has 0 bridgehead atoms. The van der Waals surface area contributed by atoms with E-state index in [0.717, 1.165) is 16.8 Å². The van der Waals surface area contributed by atoms with Crippen molar-refractivity contribution in [3.05, 3.63) is 62.8 Å². The van der Waals surface area contributed by atoms with Gasteiger partial charge in [-0.25, -0.2) is 4.98 Å². The van der Waals surface area contributed by atoms with Crippen LogP contribution >= 0.6 is 22.7 Å². The number of hydrogen-bond acceptors (Lipinski definition) is 5. The summed E-state index contributed by atoms with van der Waals surface area (Å²) in [7, 11) is 0. The monoisotopic (exact) mass is 371 g/mol. The average molecular weight is 371 g/mol. The highest BCUT2D eigenvalue weighted by Crippen LogP contribution is 2.20. The van der Waals surface area contributed by atoms with Crippen LogP contribution < -0.4 is 10.6 Å². The molecule has 25 heavy (non-hydrogen) atoms. The van der Waals surface area contributed by atoms with Gasteiger partial charge in [0.25, 0.3) is 5.91 Å². The van der Waals surface area contributed by atoms with E-state index in [2.05, 4.69) is 15.6 Å². The standard InChI is InChI=1S/C18H17N3O2S2/c1-11-5-3-6-14(12(11)2)20-16(22)9-13-10-25-18(19-13)21-17(23)15-7-4-8-24-15/h3-8,10H,9H2,1-2H3,(H,20,22)(H,19,21,23). The number of aromatic nitrogens is 1. The van der Waals surface area contributed by atoms with Gasteiger partial charge in [-0.1, -0.05) is 18.2 Å². The van der Waals surface area contributed by atoms with Gasteiger partial charge < -0.3 is 5.32 Å². The van der Waals surface area contributed by atoms with Crippen molar-refractivity contribution < 1.29 is 9.59 Å². The number of amides is 2. The minimum atomic E-state index is -0.185. The second kappa shape index (κ2) is 7.58. The Hall–Kier alpha value is -2.51. The summed E-state index contributed by atoms with van der Waals surface area (Å²) in [4.78, 5) is 29.2. The van der Waals surface area contributed by atoms with Crippen LogP contribution in [0.25, 0.3) is 0 Å². The predicted octanol–water partition coefficient (Wildman–Crippen LogP) is 4.25. The maximum absolute atomic E-state index is 12.2. The van der Waals surface area contributed by atoms with E-state index < -0.39 is 0 Å². The maximum Gasteiger partial charge on any atom is 0.267 e. The van der Waals surface area contributed by atoms with E-state index in [1.807, 2.05) is 43.5 Å². The molecule has 2 heterocycles. The quantitative estimate of drug-likeness (QED) is 0.704. The molecule has 1 aromatic carbocycles. The highest BCUT2D eigenvalue weighted by Gasteiger charge is 2.12. The zero-order chi connectivity index (χ0) is 17.8. The number of nitrogens with zero attached hydrogens (tertiary/aromatic N) is 1. The number of anilines is 2. The number of carbonyl (C=O) groups excluding carboxylic acids is 2. The van der Waals surface area contributed by atoms with Crippen LogP contribution in [0.4, 0.5) is 10.8 Å². The Bertz CT molecular complexity index is 901. The summed E-state index contributed by atoms with van der Waals surface area (Å²) in [5.74, 6) is -0.314. The molecule has 128 valence electrons. The molecular formula is C18H17N3O2S2. The van der Waals surface area contributed by atoms with Gasteiger partial charge in [-0.15, -0.1) is 22.7 Å². The molecule has 0 aliphatic carbocycles. The lowest BCUT2D eigenvalue weighted by Gasteiger charge is -2.09. The van der Waals surface area contributed by atoms with Crippen molar-refractivity contribution in [3.63, 3.8) is 0 Å². The molecule has 0 saturated carbocycles. The molecule has 3 aromatic rings. The topological polar surface area (TPSA) is 71.1 Å². The maximum atomic E-state index is 12.2. The van der Waals surface area contributed by atoms with Crippen LogP contribution in [0.3, 0.4) is 0 Å². The number of carbonyl (C=O) groups is 2. The Balaban J connectivity index is 1.60. The predicted molar refractivity (Wildman–Crippen MR) is 103 cm³/mol. The Morgan fingerprint density at radius 2 is 1.92 bits per heavy atom. The lowest BCUT2D eigenvalue weighted by molar-refractivity contribution is -0.115. The average Bonchev–Trinajstić information content (AvgIpc) is 3.24. The fraction of sp³-hybridized carbons (Fsp3) is 0.167. The number of benzene rings is 1. The number of hydrogen-bond donors (Lipinski definition) is 2. The first-order chi connectivity index (χ1) is 12.0. The van der Waals surface area contributed by atoms with Gasteiger partial charge in [-0.2, -0.15) is 0 Å². The van der Waals surface area contributed by atoms with E-state index >= 15 is 0 Å². The summed E-state index contributed by atoms with van der Waals surface area (Å²) in [5.41, 5.74) is 3.63. The fourth-order valence-electron chi connectivity index (χ4n) is 2.26. The third-order valence-corrected chi connectivity index (χ3v) is 5.41. The van der Waals surface area contributed by atoms with Crippen LogP contribution in [-0.2, 0) is 11.2 Å². The van der Waals surface area contributed by atoms with Gasteiger partial charge in [-0.05, 0) is 42.5 Å². The second-order valence-electron chi connectivity index (χ2n) is 5.55. The van der Waals surface area contributed by atoms with Crippen molar-refractivity contribution in [3.8, 4) is 0 Å². The molecule has 2 N–H and O–H groups in total. The fourth-order valence-corrected chi connectivity index (χ4v) is 3.58. The molecule has 0 atom stereocenters. The van der Waals surface area contributed by atoms with Crippen LogP contribution in [0.2, 0.25) is 0 Å². The van der Waals surface area contributed by atoms with Crippen molar-refractivity contribution in [2.45, 2.75) is 20.3 Å². The smallest absolute Gasteiger partial charge is 0.267 e. The van der Waals surface area contributed by atoms with Gasteiger partial charge in [0.15, 0.2) is 5.13 Å². The lowest BCUT2D eigenvalue weighted by Crippen LogP contribution is -2.16. The Morgan fingerprint density at radius 3 is 2.68 bits per heavy atom. The van der Waals surface area contributed by atoms with Crippen LogP contribution in [0.5, 0.6) is 0 Å². The molecular weight excluding hydrogens is 354 g/mol. The molecule has 0 aliphatic rings. The van der Waals surface area contributed by atoms with Gasteiger partial charge in [0.2, 0.25) is 5.91 Å². The summed E-state index contributed by atoms with van der Waals surface area (Å²) in [6.07, 6.45) is 0.165. The normalized spacial score (nSPS) is 10.5. The summed E-state index contributed by atoms with van der Waals surface area (Å²) in [5, 5.41) is 9.79. The molecule has 0 radical (unpaired) electrons. The molecule has 0 aliphatic heterocycles. The molecule has 3 rings (SSSR count). The van der Waals surface area contributed by atoms with E-state index in [0.29, 0.717) is 15.7 Å². The van der Waals surface area contributed by atoms with Crippen molar-refractivity contribution in [1.29, 1.82) is 0 Å².